The highest BCUT2D eigenvalue weighted by Gasteiger charge is 2.24. The van der Waals surface area contributed by atoms with Crippen LogP contribution in [0, 0.1) is 0 Å². The fourth-order valence-electron chi connectivity index (χ4n) is 10.5. The molecule has 0 aliphatic heterocycles. The molecule has 0 nitrogen and oxygen atoms in total. The summed E-state index contributed by atoms with van der Waals surface area (Å²) in [5.41, 5.74) is 7.66. The van der Waals surface area contributed by atoms with Gasteiger partial charge in [0, 0.05) is 0 Å². The summed E-state index contributed by atoms with van der Waals surface area (Å²) in [7, 11) is 0. The molecule has 266 valence electrons. The minimum Gasteiger partial charge on any atom is -0.0616 e. The molecule has 0 bridgehead atoms. The Kier molecular flexibility index (Phi) is 6.54. The van der Waals surface area contributed by atoms with Gasteiger partial charge in [0.2, 0.25) is 0 Å². The van der Waals surface area contributed by atoms with E-state index >= 15 is 0 Å². The Morgan fingerprint density at radius 1 is 0.190 bits per heavy atom. The van der Waals surface area contributed by atoms with Crippen LogP contribution < -0.4 is 0 Å². The highest BCUT2D eigenvalue weighted by Crippen LogP contribution is 2.52. The third-order valence-electron chi connectivity index (χ3n) is 12.9. The molecule has 0 amide bonds. The summed E-state index contributed by atoms with van der Waals surface area (Å²) in [6, 6.07) is 77.3. The molecule has 0 aliphatic carbocycles. The Balaban J connectivity index is 1.22. The summed E-state index contributed by atoms with van der Waals surface area (Å²) in [6.45, 7) is 0. The van der Waals surface area contributed by atoms with E-state index < -0.39 is 0 Å². The second-order valence-electron chi connectivity index (χ2n) is 15.9. The monoisotopic (exact) mass is 730 g/mol. The lowest BCUT2D eigenvalue weighted by Crippen LogP contribution is -1.96. The van der Waals surface area contributed by atoms with E-state index in [0.717, 1.165) is 0 Å². The molecule has 0 unspecified atom stereocenters. The van der Waals surface area contributed by atoms with Crippen LogP contribution in [-0.4, -0.2) is 0 Å². The van der Waals surface area contributed by atoms with Crippen molar-refractivity contribution in [2.45, 2.75) is 0 Å². The number of benzene rings is 13. The van der Waals surface area contributed by atoms with Gasteiger partial charge in [-0.3, -0.25) is 0 Å². The number of fused-ring (bicyclic) bond motifs is 7. The molecule has 0 saturated heterocycles. The largest absolute Gasteiger partial charge is 0.0616 e. The average molecular weight is 731 g/mol. The summed E-state index contributed by atoms with van der Waals surface area (Å²) in [4.78, 5) is 0. The fraction of sp³-hybridized carbons (Fsp3) is 0. The standard InChI is InChI=1S/C58H34/c1-2-14-40-34-41(27-24-35(40)12-1)53-43-18-5-8-21-46(43)57(47-22-9-6-19-44(47)53)58-48-23-10-7-20-45(48)55(51-33-28-36-13-3-4-17-42(36)56(51)58)50-32-30-39-26-25-37-15-11-16-38-29-31-49(50)54(39)52(37)38/h1-34H. The molecular weight excluding hydrogens is 697 g/mol. The van der Waals surface area contributed by atoms with Crippen molar-refractivity contribution in [3.63, 3.8) is 0 Å². The molecule has 0 atom stereocenters. The van der Waals surface area contributed by atoms with Crippen molar-refractivity contribution in [1.82, 2.24) is 0 Å². The van der Waals surface area contributed by atoms with E-state index in [9.17, 15) is 0 Å². The van der Waals surface area contributed by atoms with Crippen molar-refractivity contribution in [2.75, 3.05) is 0 Å². The van der Waals surface area contributed by atoms with Gasteiger partial charge in [0.25, 0.3) is 0 Å². The molecule has 13 aromatic carbocycles. The molecule has 13 rings (SSSR count). The van der Waals surface area contributed by atoms with Gasteiger partial charge in [0.1, 0.15) is 0 Å². The number of rotatable bonds is 3. The maximum atomic E-state index is 2.40. The maximum absolute atomic E-state index is 2.40. The summed E-state index contributed by atoms with van der Waals surface area (Å²) >= 11 is 0. The molecule has 0 aliphatic rings. The normalized spacial score (nSPS) is 12.1. The van der Waals surface area contributed by atoms with E-state index in [1.54, 1.807) is 0 Å². The Bertz CT molecular complexity index is 3770. The van der Waals surface area contributed by atoms with E-state index in [1.165, 1.54) is 130 Å². The summed E-state index contributed by atoms with van der Waals surface area (Å²) < 4.78 is 0. The average Bonchev–Trinajstić information content (AvgIpc) is 3.29. The minimum atomic E-state index is 1.24. The first-order valence-electron chi connectivity index (χ1n) is 20.3. The van der Waals surface area contributed by atoms with E-state index in [2.05, 4.69) is 206 Å². The van der Waals surface area contributed by atoms with Gasteiger partial charge < -0.3 is 0 Å². The molecule has 13 aromatic rings. The summed E-state index contributed by atoms with van der Waals surface area (Å²) in [6.07, 6.45) is 0. The zero-order valence-corrected chi connectivity index (χ0v) is 31.6. The zero-order chi connectivity index (χ0) is 37.9. The summed E-state index contributed by atoms with van der Waals surface area (Å²) in [5, 5.41) is 23.0. The highest BCUT2D eigenvalue weighted by atomic mass is 14.3. The van der Waals surface area contributed by atoms with Gasteiger partial charge >= 0.3 is 0 Å². The molecule has 0 aromatic heterocycles. The lowest BCUT2D eigenvalue weighted by atomic mass is 9.79. The molecule has 58 heavy (non-hydrogen) atoms. The van der Waals surface area contributed by atoms with Gasteiger partial charge in [-0.15, -0.1) is 0 Å². The van der Waals surface area contributed by atoms with Crippen LogP contribution in [0.25, 0.3) is 130 Å². The molecule has 0 fully saturated rings. The zero-order valence-electron chi connectivity index (χ0n) is 31.6. The van der Waals surface area contributed by atoms with Crippen molar-refractivity contribution in [3.05, 3.63) is 206 Å². The molecule has 0 heterocycles. The minimum absolute atomic E-state index is 1.24. The molecular formula is C58H34. The fourth-order valence-corrected chi connectivity index (χ4v) is 10.5. The molecule has 0 spiro atoms. The maximum Gasteiger partial charge on any atom is -0.000763 e. The van der Waals surface area contributed by atoms with Crippen molar-refractivity contribution in [2.24, 2.45) is 0 Å². The predicted octanol–water partition coefficient (Wildman–Crippen LogP) is 16.5. The van der Waals surface area contributed by atoms with E-state index in [0.29, 0.717) is 0 Å². The van der Waals surface area contributed by atoms with Crippen molar-refractivity contribution in [3.8, 4) is 33.4 Å². The number of hydrogen-bond acceptors (Lipinski definition) is 0. The van der Waals surface area contributed by atoms with E-state index in [1.807, 2.05) is 0 Å². The van der Waals surface area contributed by atoms with Crippen LogP contribution in [0.4, 0.5) is 0 Å². The van der Waals surface area contributed by atoms with Crippen LogP contribution in [0.15, 0.2) is 206 Å². The lowest BCUT2D eigenvalue weighted by molar-refractivity contribution is 1.69. The SMILES string of the molecule is c1ccc2cc(-c3c4ccccc4c(-c4c5ccccc5c(-c5ccc6ccc7cccc8ccc5c6c78)c5ccc6ccccc6c45)c4ccccc34)ccc2c1. The van der Waals surface area contributed by atoms with Crippen molar-refractivity contribution >= 4 is 97.0 Å². The van der Waals surface area contributed by atoms with Crippen LogP contribution in [0.2, 0.25) is 0 Å². The highest BCUT2D eigenvalue weighted by molar-refractivity contribution is 6.35. The first kappa shape index (κ1) is 31.6. The second-order valence-corrected chi connectivity index (χ2v) is 15.9. The van der Waals surface area contributed by atoms with Gasteiger partial charge in [0.15, 0.2) is 0 Å². The molecule has 0 radical (unpaired) electrons. The third kappa shape index (κ3) is 4.35. The predicted molar refractivity (Wildman–Crippen MR) is 251 cm³/mol. The van der Waals surface area contributed by atoms with Crippen molar-refractivity contribution in [1.29, 1.82) is 0 Å². The Hall–Kier alpha value is -7.54. The third-order valence-corrected chi connectivity index (χ3v) is 12.9. The first-order valence-corrected chi connectivity index (χ1v) is 20.3. The smallest absolute Gasteiger partial charge is 0.000763 e. The Morgan fingerprint density at radius 3 is 1.33 bits per heavy atom. The Morgan fingerprint density at radius 2 is 0.638 bits per heavy atom. The lowest BCUT2D eigenvalue weighted by Gasteiger charge is -2.24. The quantitative estimate of drug-likeness (QED) is 0.125. The van der Waals surface area contributed by atoms with Crippen molar-refractivity contribution < 1.29 is 0 Å². The van der Waals surface area contributed by atoms with E-state index in [-0.39, 0.29) is 0 Å². The van der Waals surface area contributed by atoms with Crippen LogP contribution in [0.5, 0.6) is 0 Å². The number of hydrogen-bond donors (Lipinski definition) is 0. The second kappa shape index (κ2) is 12.0. The van der Waals surface area contributed by atoms with Gasteiger partial charge in [-0.1, -0.05) is 200 Å². The van der Waals surface area contributed by atoms with Crippen LogP contribution in [-0.2, 0) is 0 Å². The molecule has 0 heteroatoms. The van der Waals surface area contributed by atoms with Gasteiger partial charge in [-0.2, -0.15) is 0 Å². The van der Waals surface area contributed by atoms with Crippen LogP contribution in [0.1, 0.15) is 0 Å². The van der Waals surface area contributed by atoms with Crippen LogP contribution in [0.3, 0.4) is 0 Å². The van der Waals surface area contributed by atoms with Gasteiger partial charge in [0.05, 0.1) is 0 Å². The molecule has 0 N–H and O–H groups in total. The van der Waals surface area contributed by atoms with E-state index in [4.69, 9.17) is 0 Å². The topological polar surface area (TPSA) is 0 Å². The van der Waals surface area contributed by atoms with Crippen LogP contribution >= 0.6 is 0 Å². The van der Waals surface area contributed by atoms with Gasteiger partial charge in [-0.05, 0) is 136 Å². The summed E-state index contributed by atoms with van der Waals surface area (Å²) in [5.74, 6) is 0. The molecule has 0 saturated carbocycles. The van der Waals surface area contributed by atoms with Gasteiger partial charge in [-0.25, -0.2) is 0 Å². The first-order chi connectivity index (χ1) is 28.8. The Labute approximate surface area is 335 Å².